The molecule has 4 aromatic rings. The predicted octanol–water partition coefficient (Wildman–Crippen LogP) is 4.74. The van der Waals surface area contributed by atoms with E-state index in [9.17, 15) is 43.7 Å². The van der Waals surface area contributed by atoms with Gasteiger partial charge in [-0.3, -0.25) is 13.7 Å². The molecule has 0 spiro atoms. The monoisotopic (exact) mass is 1110 g/mol. The third-order valence-electron chi connectivity index (χ3n) is 11.9. The van der Waals surface area contributed by atoms with E-state index >= 15 is 0 Å². The maximum absolute atomic E-state index is 13.9. The molecule has 3 saturated heterocycles. The number of rotatable bonds is 24. The van der Waals surface area contributed by atoms with Crippen LogP contribution in [0.4, 0.5) is 0 Å². The number of hydrogen-bond donors (Lipinski definition) is 3. The quantitative estimate of drug-likeness (QED) is 0.0485. The van der Waals surface area contributed by atoms with Crippen molar-refractivity contribution in [2.75, 3.05) is 6.61 Å². The van der Waals surface area contributed by atoms with E-state index in [2.05, 4.69) is 6.58 Å². The van der Waals surface area contributed by atoms with Gasteiger partial charge in [0.25, 0.3) is 0 Å². The highest BCUT2D eigenvalue weighted by molar-refractivity contribution is 7.81. The molecule has 0 radical (unpaired) electrons. The van der Waals surface area contributed by atoms with Gasteiger partial charge in [0.15, 0.2) is 25.0 Å². The van der Waals surface area contributed by atoms with E-state index in [1.54, 1.807) is 109 Å². The van der Waals surface area contributed by atoms with Crippen LogP contribution in [0, 0.1) is 0 Å². The fourth-order valence-corrected chi connectivity index (χ4v) is 10.2. The fraction of sp³-hybridized carbons (Fsp3) is 0.449. The third-order valence-corrected chi connectivity index (χ3v) is 13.3. The molecule has 15 atom stereocenters. The second kappa shape index (κ2) is 26.1. The molecule has 0 amide bonds. The Hall–Kier alpha value is -4.66. The van der Waals surface area contributed by atoms with Gasteiger partial charge in [-0.25, -0.2) is 17.3 Å². The zero-order valence-corrected chi connectivity index (χ0v) is 43.0. The van der Waals surface area contributed by atoms with E-state index in [0.29, 0.717) is 16.7 Å². The van der Waals surface area contributed by atoms with Gasteiger partial charge in [-0.05, 0) is 49.6 Å². The van der Waals surface area contributed by atoms with E-state index in [1.165, 1.54) is 39.0 Å². The molecule has 0 aliphatic carbocycles. The molecule has 3 heterocycles. The molecule has 3 aliphatic heterocycles. The van der Waals surface area contributed by atoms with Crippen LogP contribution in [0.3, 0.4) is 0 Å². The summed E-state index contributed by atoms with van der Waals surface area (Å²) in [6, 6.07) is 33.4. The Morgan fingerprint density at radius 3 is 1.15 bits per heavy atom. The van der Waals surface area contributed by atoms with Crippen LogP contribution in [0.2, 0.25) is 0 Å². The molecule has 3 fully saturated rings. The zero-order chi connectivity index (χ0) is 53.9. The van der Waals surface area contributed by atoms with Gasteiger partial charge in [-0.1, -0.05) is 115 Å². The molecule has 7 rings (SSSR count). The van der Waals surface area contributed by atoms with Crippen molar-refractivity contribution in [3.63, 3.8) is 0 Å². The molecule has 3 aliphatic rings. The van der Waals surface area contributed by atoms with Crippen LogP contribution in [0.1, 0.15) is 47.8 Å². The van der Waals surface area contributed by atoms with Crippen molar-refractivity contribution in [1.29, 1.82) is 0 Å². The Bertz CT molecular complexity index is 2780. The first-order valence-electron chi connectivity index (χ1n) is 23.4. The molecule has 26 heteroatoms. The number of hydrogen-bond acceptors (Lipinski definition) is 20. The lowest BCUT2D eigenvalue weighted by molar-refractivity contribution is -0.380. The lowest BCUT2D eigenvalue weighted by Crippen LogP contribution is -2.67. The molecule has 0 bridgehead atoms. The molecule has 410 valence electrons. The number of carbonyl (C=O) groups is 1. The molecule has 3 N–H and O–H groups in total. The maximum atomic E-state index is 13.9. The zero-order valence-electron chi connectivity index (χ0n) is 40.6. The van der Waals surface area contributed by atoms with E-state index in [-0.39, 0.29) is 32.0 Å². The number of benzene rings is 4. The number of ether oxygens (including phenoxy) is 10. The van der Waals surface area contributed by atoms with Crippen molar-refractivity contribution in [3.05, 3.63) is 156 Å². The third kappa shape index (κ3) is 16.7. The van der Waals surface area contributed by atoms with Crippen LogP contribution in [-0.2, 0) is 111 Å². The average molecular weight is 1110 g/mol. The molecule has 0 unspecified atom stereocenters. The van der Waals surface area contributed by atoms with Crippen molar-refractivity contribution in [3.8, 4) is 0 Å². The van der Waals surface area contributed by atoms with Gasteiger partial charge in [0, 0.05) is 0 Å². The lowest BCUT2D eigenvalue weighted by atomic mass is 9.96. The van der Waals surface area contributed by atoms with Crippen LogP contribution >= 0.6 is 0 Å². The maximum Gasteiger partial charge on any atom is 0.397 e. The Morgan fingerprint density at radius 2 is 0.787 bits per heavy atom. The van der Waals surface area contributed by atoms with Crippen molar-refractivity contribution >= 4 is 37.2 Å². The van der Waals surface area contributed by atoms with Crippen molar-refractivity contribution in [2.45, 2.75) is 133 Å². The number of esters is 1. The van der Waals surface area contributed by atoms with Crippen molar-refractivity contribution in [2.24, 2.45) is 0 Å². The summed E-state index contributed by atoms with van der Waals surface area (Å²) in [5, 5.41) is 0. The highest BCUT2D eigenvalue weighted by Crippen LogP contribution is 2.39. The fourth-order valence-electron chi connectivity index (χ4n) is 8.60. The Balaban J connectivity index is 1.35. The topological polar surface area (TPSA) is 300 Å². The summed E-state index contributed by atoms with van der Waals surface area (Å²) >= 11 is 0. The summed E-state index contributed by atoms with van der Waals surface area (Å²) in [5.41, 5.74) is 1.75. The van der Waals surface area contributed by atoms with Crippen molar-refractivity contribution < 1.29 is 104 Å². The van der Waals surface area contributed by atoms with Crippen LogP contribution in [-0.4, -0.2) is 144 Å². The highest BCUT2D eigenvalue weighted by atomic mass is 32.3. The van der Waals surface area contributed by atoms with Gasteiger partial charge in [-0.2, -0.15) is 25.3 Å². The van der Waals surface area contributed by atoms with E-state index in [1.807, 2.05) is 0 Å². The number of carbonyl (C=O) groups excluding carboxylic acids is 1. The standard InChI is InChI=1S/C49H58O23S3/c1-5-26-60-47-43(61-27-33-18-10-6-11-19-33)41(38(30(2)64-47)71-74(54,55)56)68-49-45(63-29-35-22-14-8-15-23-35)42(39(32(4)66-49)72-75(57,58)59)69-48-44(62-28-34-20-12-7-13-21-34)40(37(31(3)65-48)70-73(51,52)53)67-46(50)36-24-16-9-17-25-36/h5-25,30-32,37-45,47-49H,1,26-29H2,2-4H3,(H,51,52,53)(H,54,55,56)(H,57,58,59)/t30-,31-,32-,37+,38+,39+,40+,41+,42+,43-,44-,45-,47+,48-,49-/m0/s1. The van der Waals surface area contributed by atoms with Crippen LogP contribution < -0.4 is 0 Å². The second-order valence-electron chi connectivity index (χ2n) is 17.4. The van der Waals surface area contributed by atoms with Gasteiger partial charge >= 0.3 is 37.2 Å². The molecule has 0 saturated carbocycles. The van der Waals surface area contributed by atoms with Gasteiger partial charge < -0.3 is 47.4 Å². The summed E-state index contributed by atoms with van der Waals surface area (Å²) < 4.78 is 185. The molecular formula is C49H58O23S3. The van der Waals surface area contributed by atoms with Gasteiger partial charge in [0.05, 0.1) is 50.3 Å². The molecule has 75 heavy (non-hydrogen) atoms. The molecule has 0 aromatic heterocycles. The first-order valence-corrected chi connectivity index (χ1v) is 27.5. The molecular weight excluding hydrogens is 1050 g/mol. The summed E-state index contributed by atoms with van der Waals surface area (Å²) in [6.07, 6.45) is -23.5. The Labute approximate surface area is 434 Å². The minimum absolute atomic E-state index is 0.0117. The van der Waals surface area contributed by atoms with Crippen molar-refractivity contribution in [1.82, 2.24) is 0 Å². The summed E-state index contributed by atoms with van der Waals surface area (Å²) in [7, 11) is -16.0. The first kappa shape index (κ1) is 58.0. The molecule has 4 aromatic carbocycles. The summed E-state index contributed by atoms with van der Waals surface area (Å²) in [6.45, 7) is 6.92. The van der Waals surface area contributed by atoms with Crippen LogP contribution in [0.25, 0.3) is 0 Å². The van der Waals surface area contributed by atoms with Gasteiger partial charge in [-0.15, -0.1) is 6.58 Å². The normalized spacial score (nSPS) is 30.6. The van der Waals surface area contributed by atoms with Crippen LogP contribution in [0.15, 0.2) is 134 Å². The minimum atomic E-state index is -5.41. The molecule has 23 nitrogen and oxygen atoms in total. The van der Waals surface area contributed by atoms with Crippen LogP contribution in [0.5, 0.6) is 0 Å². The largest absolute Gasteiger partial charge is 0.453 e. The lowest BCUT2D eigenvalue weighted by Gasteiger charge is -2.50. The van der Waals surface area contributed by atoms with E-state index in [4.69, 9.17) is 59.9 Å². The summed E-state index contributed by atoms with van der Waals surface area (Å²) in [4.78, 5) is 13.9. The highest BCUT2D eigenvalue weighted by Gasteiger charge is 2.58. The Morgan fingerprint density at radius 1 is 0.467 bits per heavy atom. The minimum Gasteiger partial charge on any atom is -0.453 e. The average Bonchev–Trinajstić information content (AvgIpc) is 3.36. The predicted molar refractivity (Wildman–Crippen MR) is 259 cm³/mol. The summed E-state index contributed by atoms with van der Waals surface area (Å²) in [5.74, 6) is -0.998. The van der Waals surface area contributed by atoms with E-state index in [0.717, 1.165) is 0 Å². The van der Waals surface area contributed by atoms with Gasteiger partial charge in [0.2, 0.25) is 0 Å². The Kier molecular flexibility index (Phi) is 20.2. The smallest absolute Gasteiger partial charge is 0.397 e. The SMILES string of the molecule is C=CCO[C@@H]1O[C@@H](C)[C@@H](OS(=O)(=O)O)[C@@H](O[C@@H]2O[C@@H](C)[C@@H](OS(=O)(=O)O)[C@@H](O[C@@H]3O[C@@H](C)[C@@H](OS(=O)(=O)O)[C@@H](OC(=O)c4ccccc4)[C@@H]3OCc3ccccc3)[C@@H]2OCc2ccccc2)[C@@H]1OCc1ccccc1. The van der Waals surface area contributed by atoms with Gasteiger partial charge in [0.1, 0.15) is 48.8 Å². The second-order valence-corrected chi connectivity index (χ2v) is 20.6. The van der Waals surface area contributed by atoms with E-state index < -0.39 is 129 Å². The first-order chi connectivity index (χ1) is 35.7.